The molecule has 0 radical (unpaired) electrons. The van der Waals surface area contributed by atoms with Crippen LogP contribution in [0.4, 0.5) is 28.8 Å². The normalized spacial score (nSPS) is 10.3. The average molecular weight is 425 g/mol. The van der Waals surface area contributed by atoms with E-state index in [1.807, 2.05) is 73.7 Å². The van der Waals surface area contributed by atoms with E-state index in [4.69, 9.17) is 4.74 Å². The summed E-state index contributed by atoms with van der Waals surface area (Å²) in [4.78, 5) is 21.6. The molecule has 0 unspecified atom stereocenters. The van der Waals surface area contributed by atoms with Gasteiger partial charge in [0.15, 0.2) is 0 Å². The van der Waals surface area contributed by atoms with Gasteiger partial charge in [0, 0.05) is 28.8 Å². The van der Waals surface area contributed by atoms with Crippen molar-refractivity contribution in [3.05, 3.63) is 96.2 Å². The van der Waals surface area contributed by atoms with Crippen molar-refractivity contribution >= 4 is 34.7 Å². The molecule has 0 atom stereocenters. The molecule has 0 saturated heterocycles. The number of ether oxygens (including phenoxy) is 1. The maximum atomic E-state index is 12.6. The highest BCUT2D eigenvalue weighted by molar-refractivity contribution is 6.06. The third-order valence-electron chi connectivity index (χ3n) is 4.65. The molecule has 0 bridgehead atoms. The highest BCUT2D eigenvalue weighted by Crippen LogP contribution is 2.22. The predicted octanol–water partition coefficient (Wildman–Crippen LogP) is 5.53. The van der Waals surface area contributed by atoms with E-state index >= 15 is 0 Å². The van der Waals surface area contributed by atoms with E-state index in [1.165, 1.54) is 0 Å². The summed E-state index contributed by atoms with van der Waals surface area (Å²) in [5.41, 5.74) is 3.73. The minimum atomic E-state index is -0.234. The Hall–Kier alpha value is -4.39. The molecule has 0 saturated carbocycles. The molecule has 4 aromatic rings. The van der Waals surface area contributed by atoms with Crippen molar-refractivity contribution in [2.75, 3.05) is 23.1 Å². The van der Waals surface area contributed by atoms with Crippen LogP contribution >= 0.6 is 0 Å². The number of amides is 1. The van der Waals surface area contributed by atoms with E-state index in [1.54, 1.807) is 25.3 Å². The molecular weight excluding hydrogens is 402 g/mol. The number of nitrogens with zero attached hydrogens (tertiary/aromatic N) is 2. The Labute approximate surface area is 186 Å². The minimum Gasteiger partial charge on any atom is -0.496 e. The number of aryl methyl sites for hydroxylation is 1. The summed E-state index contributed by atoms with van der Waals surface area (Å²) < 4.78 is 5.26. The van der Waals surface area contributed by atoms with Gasteiger partial charge >= 0.3 is 0 Å². The molecule has 0 aliphatic rings. The molecule has 0 spiro atoms. The maximum Gasteiger partial charge on any atom is 0.259 e. The highest BCUT2D eigenvalue weighted by Gasteiger charge is 2.11. The van der Waals surface area contributed by atoms with Gasteiger partial charge < -0.3 is 20.7 Å². The number of benzene rings is 3. The summed E-state index contributed by atoms with van der Waals surface area (Å²) in [6, 6.07) is 26.2. The first-order valence-corrected chi connectivity index (χ1v) is 10.1. The molecule has 0 aliphatic carbocycles. The highest BCUT2D eigenvalue weighted by atomic mass is 16.5. The molecule has 7 heteroatoms. The van der Waals surface area contributed by atoms with E-state index in [2.05, 4.69) is 25.9 Å². The maximum absolute atomic E-state index is 12.6. The Kier molecular flexibility index (Phi) is 6.27. The first-order chi connectivity index (χ1) is 15.6. The second-order valence-corrected chi connectivity index (χ2v) is 7.07. The van der Waals surface area contributed by atoms with Crippen LogP contribution in [-0.4, -0.2) is 23.0 Å². The van der Waals surface area contributed by atoms with Crippen LogP contribution in [0.25, 0.3) is 0 Å². The molecule has 3 aromatic carbocycles. The Bertz CT molecular complexity index is 1210. The smallest absolute Gasteiger partial charge is 0.259 e. The van der Waals surface area contributed by atoms with Gasteiger partial charge in [0.05, 0.1) is 12.7 Å². The lowest BCUT2D eigenvalue weighted by Gasteiger charge is -2.11. The molecule has 1 heterocycles. The molecule has 160 valence electrons. The summed E-state index contributed by atoms with van der Waals surface area (Å²) in [5, 5.41) is 9.37. The van der Waals surface area contributed by atoms with E-state index in [0.717, 1.165) is 17.1 Å². The second-order valence-electron chi connectivity index (χ2n) is 7.07. The van der Waals surface area contributed by atoms with Gasteiger partial charge in [0.25, 0.3) is 5.91 Å². The van der Waals surface area contributed by atoms with E-state index in [9.17, 15) is 4.79 Å². The first kappa shape index (κ1) is 20.9. The zero-order valence-corrected chi connectivity index (χ0v) is 17.8. The zero-order chi connectivity index (χ0) is 22.3. The molecule has 3 N–H and O–H groups in total. The molecule has 1 aromatic heterocycles. The number of hydrogen-bond acceptors (Lipinski definition) is 6. The van der Waals surface area contributed by atoms with Gasteiger partial charge in [-0.1, -0.05) is 30.3 Å². The second kappa shape index (κ2) is 9.61. The van der Waals surface area contributed by atoms with Crippen molar-refractivity contribution in [2.24, 2.45) is 0 Å². The number of rotatable bonds is 7. The number of hydrogen-bond donors (Lipinski definition) is 3. The summed E-state index contributed by atoms with van der Waals surface area (Å²) in [6.45, 7) is 1.92. The van der Waals surface area contributed by atoms with Crippen LogP contribution in [-0.2, 0) is 0 Å². The fourth-order valence-electron chi connectivity index (χ4n) is 3.15. The Morgan fingerprint density at radius 2 is 1.44 bits per heavy atom. The van der Waals surface area contributed by atoms with Gasteiger partial charge in [-0.2, -0.15) is 4.98 Å². The van der Waals surface area contributed by atoms with Crippen LogP contribution < -0.4 is 20.7 Å². The summed E-state index contributed by atoms with van der Waals surface area (Å²) in [6.07, 6.45) is 0. The lowest BCUT2D eigenvalue weighted by atomic mass is 10.2. The van der Waals surface area contributed by atoms with Gasteiger partial charge in [0.1, 0.15) is 11.6 Å². The van der Waals surface area contributed by atoms with Gasteiger partial charge in [-0.05, 0) is 55.5 Å². The number of nitrogens with one attached hydrogen (secondary N) is 3. The van der Waals surface area contributed by atoms with Crippen LogP contribution in [0.2, 0.25) is 0 Å². The van der Waals surface area contributed by atoms with Crippen LogP contribution in [0.3, 0.4) is 0 Å². The summed E-state index contributed by atoms with van der Waals surface area (Å²) in [7, 11) is 1.54. The fraction of sp³-hybridized carbons (Fsp3) is 0.0800. The minimum absolute atomic E-state index is 0.234. The van der Waals surface area contributed by atoms with Crippen LogP contribution in [0.15, 0.2) is 84.9 Å². The van der Waals surface area contributed by atoms with Crippen molar-refractivity contribution in [1.29, 1.82) is 0 Å². The quantitative estimate of drug-likeness (QED) is 0.361. The number of methoxy groups -OCH3 is 1. The number of aromatic nitrogens is 2. The Morgan fingerprint density at radius 1 is 0.781 bits per heavy atom. The van der Waals surface area contributed by atoms with Crippen molar-refractivity contribution in [1.82, 2.24) is 9.97 Å². The van der Waals surface area contributed by atoms with Gasteiger partial charge in [-0.3, -0.25) is 4.79 Å². The van der Waals surface area contributed by atoms with Crippen LogP contribution in [0.1, 0.15) is 16.1 Å². The lowest BCUT2D eigenvalue weighted by molar-refractivity contribution is 0.102. The van der Waals surface area contributed by atoms with Gasteiger partial charge in [-0.15, -0.1) is 0 Å². The summed E-state index contributed by atoms with van der Waals surface area (Å²) >= 11 is 0. The average Bonchev–Trinajstić information content (AvgIpc) is 2.80. The SMILES string of the molecule is COc1ccccc1C(=O)Nc1ccc(Nc2nc(C)cc(Nc3ccccc3)n2)cc1. The zero-order valence-electron chi connectivity index (χ0n) is 17.8. The molecule has 0 aliphatic heterocycles. The van der Waals surface area contributed by atoms with Crippen LogP contribution in [0, 0.1) is 6.92 Å². The van der Waals surface area contributed by atoms with Crippen molar-refractivity contribution in [3.63, 3.8) is 0 Å². The third-order valence-corrected chi connectivity index (χ3v) is 4.65. The molecule has 0 fully saturated rings. The molecule has 4 rings (SSSR count). The Balaban J connectivity index is 1.44. The number of carbonyl (C=O) groups is 1. The van der Waals surface area contributed by atoms with Gasteiger partial charge in [0.2, 0.25) is 5.95 Å². The van der Waals surface area contributed by atoms with E-state index < -0.39 is 0 Å². The van der Waals surface area contributed by atoms with Crippen molar-refractivity contribution < 1.29 is 9.53 Å². The fourth-order valence-corrected chi connectivity index (χ4v) is 3.15. The monoisotopic (exact) mass is 425 g/mol. The molecule has 1 amide bonds. The lowest BCUT2D eigenvalue weighted by Crippen LogP contribution is -2.13. The number of carbonyl (C=O) groups excluding carboxylic acids is 1. The van der Waals surface area contributed by atoms with Crippen molar-refractivity contribution in [2.45, 2.75) is 6.92 Å². The van der Waals surface area contributed by atoms with E-state index in [-0.39, 0.29) is 5.91 Å². The van der Waals surface area contributed by atoms with E-state index in [0.29, 0.717) is 28.8 Å². The first-order valence-electron chi connectivity index (χ1n) is 10.1. The topological polar surface area (TPSA) is 88.2 Å². The molecule has 32 heavy (non-hydrogen) atoms. The number of anilines is 5. The van der Waals surface area contributed by atoms with Crippen LogP contribution in [0.5, 0.6) is 5.75 Å². The standard InChI is InChI=1S/C25H23N5O2/c1-17-16-23(27-18-8-4-3-5-9-18)30-25(26-17)29-20-14-12-19(13-15-20)28-24(31)21-10-6-7-11-22(21)32-2/h3-16H,1-2H3,(H,28,31)(H2,26,27,29,30). The van der Waals surface area contributed by atoms with Gasteiger partial charge in [-0.25, -0.2) is 4.98 Å². The van der Waals surface area contributed by atoms with Crippen molar-refractivity contribution in [3.8, 4) is 5.75 Å². The summed E-state index contributed by atoms with van der Waals surface area (Å²) in [5.74, 6) is 1.47. The molecular formula is C25H23N5O2. The third kappa shape index (κ3) is 5.20. The predicted molar refractivity (Wildman–Crippen MR) is 127 cm³/mol. The molecule has 7 nitrogen and oxygen atoms in total. The largest absolute Gasteiger partial charge is 0.496 e. The number of para-hydroxylation sites is 2. The Morgan fingerprint density at radius 3 is 2.19 bits per heavy atom.